The summed E-state index contributed by atoms with van der Waals surface area (Å²) in [5.41, 5.74) is 2.24. The van der Waals surface area contributed by atoms with Crippen molar-refractivity contribution in [2.75, 3.05) is 33.8 Å². The number of likely N-dealkylation sites (tertiary alicyclic amines) is 1. The molecule has 1 unspecified atom stereocenters. The van der Waals surface area contributed by atoms with Gasteiger partial charge in [-0.25, -0.2) is 0 Å². The van der Waals surface area contributed by atoms with E-state index in [9.17, 15) is 14.7 Å². The Hall–Kier alpha value is -2.64. The summed E-state index contributed by atoms with van der Waals surface area (Å²) in [6, 6.07) is 12.2. The molecule has 7 heteroatoms. The fourth-order valence-electron chi connectivity index (χ4n) is 4.13. The normalized spacial score (nSPS) is 17.6. The second kappa shape index (κ2) is 11.7. The second-order valence-electron chi connectivity index (χ2n) is 8.89. The molecule has 1 N–H and O–H groups in total. The number of ether oxygens (including phenoxy) is 1. The number of ketones is 1. The molecule has 1 aliphatic rings. The highest BCUT2D eigenvalue weighted by Gasteiger charge is 2.45. The van der Waals surface area contributed by atoms with Crippen molar-refractivity contribution >= 4 is 33.4 Å². The van der Waals surface area contributed by atoms with Crippen molar-refractivity contribution in [2.24, 2.45) is 0 Å². The number of hydrogen-bond donors (Lipinski definition) is 1. The lowest BCUT2D eigenvalue weighted by Crippen LogP contribution is -2.32. The molecule has 6 nitrogen and oxygen atoms in total. The van der Waals surface area contributed by atoms with Crippen LogP contribution in [-0.2, 0) is 9.59 Å². The molecule has 0 radical (unpaired) electrons. The number of carbonyl (C=O) groups is 2. The summed E-state index contributed by atoms with van der Waals surface area (Å²) in [7, 11) is 3.94. The Morgan fingerprint density at radius 1 is 1.15 bits per heavy atom. The Bertz CT molecular complexity index is 1080. The van der Waals surface area contributed by atoms with Crippen LogP contribution in [0, 0.1) is 6.92 Å². The summed E-state index contributed by atoms with van der Waals surface area (Å²) < 4.78 is 6.66. The van der Waals surface area contributed by atoms with E-state index in [1.165, 1.54) is 0 Å². The van der Waals surface area contributed by atoms with Crippen LogP contribution in [0.5, 0.6) is 5.75 Å². The van der Waals surface area contributed by atoms with Crippen LogP contribution >= 0.6 is 15.9 Å². The largest absolute Gasteiger partial charge is 0.507 e. The predicted octanol–water partition coefficient (Wildman–Crippen LogP) is 5.31. The number of rotatable bonds is 10. The number of nitrogens with zero attached hydrogens (tertiary/aromatic N) is 2. The van der Waals surface area contributed by atoms with Gasteiger partial charge in [0.25, 0.3) is 11.7 Å². The maximum absolute atomic E-state index is 13.2. The van der Waals surface area contributed by atoms with Crippen LogP contribution < -0.4 is 4.74 Å². The zero-order valence-corrected chi connectivity index (χ0v) is 21.9. The van der Waals surface area contributed by atoms with E-state index in [1.807, 2.05) is 50.2 Å². The summed E-state index contributed by atoms with van der Waals surface area (Å²) >= 11 is 3.49. The van der Waals surface area contributed by atoms with E-state index in [1.54, 1.807) is 23.1 Å². The molecule has 1 amide bonds. The van der Waals surface area contributed by atoms with E-state index < -0.39 is 17.7 Å². The number of aliphatic hydroxyl groups is 1. The number of carbonyl (C=O) groups excluding carboxylic acids is 2. The molecule has 0 saturated carbocycles. The van der Waals surface area contributed by atoms with Crippen LogP contribution in [0.4, 0.5) is 0 Å². The zero-order valence-electron chi connectivity index (χ0n) is 20.3. The molecule has 1 fully saturated rings. The molecular weight excluding hydrogens is 496 g/mol. The average molecular weight is 529 g/mol. The van der Waals surface area contributed by atoms with E-state index in [0.717, 1.165) is 40.7 Å². The van der Waals surface area contributed by atoms with Gasteiger partial charge in [0.2, 0.25) is 0 Å². The summed E-state index contributed by atoms with van der Waals surface area (Å²) in [5.74, 6) is -0.658. The van der Waals surface area contributed by atoms with Gasteiger partial charge in [0.1, 0.15) is 11.5 Å². The Morgan fingerprint density at radius 2 is 1.91 bits per heavy atom. The van der Waals surface area contributed by atoms with Crippen LogP contribution in [0.15, 0.2) is 52.5 Å². The Balaban J connectivity index is 2.03. The lowest BCUT2D eigenvalue weighted by Gasteiger charge is -2.26. The van der Waals surface area contributed by atoms with Gasteiger partial charge in [-0.05, 0) is 81.9 Å². The molecule has 2 aromatic carbocycles. The summed E-state index contributed by atoms with van der Waals surface area (Å²) in [6.45, 7) is 5.84. The second-order valence-corrected chi connectivity index (χ2v) is 9.80. The zero-order chi connectivity index (χ0) is 24.8. The quantitative estimate of drug-likeness (QED) is 0.196. The molecule has 34 heavy (non-hydrogen) atoms. The minimum atomic E-state index is -0.659. The summed E-state index contributed by atoms with van der Waals surface area (Å²) in [4.78, 5) is 29.8. The molecule has 1 saturated heterocycles. The number of halogens is 1. The number of unbranched alkanes of at least 4 members (excludes halogenated alkanes) is 1. The average Bonchev–Trinajstić information content (AvgIpc) is 3.04. The third kappa shape index (κ3) is 5.88. The van der Waals surface area contributed by atoms with E-state index >= 15 is 0 Å². The molecule has 1 atom stereocenters. The fourth-order valence-corrected chi connectivity index (χ4v) is 4.55. The highest BCUT2D eigenvalue weighted by molar-refractivity contribution is 9.10. The van der Waals surface area contributed by atoms with Crippen LogP contribution in [0.25, 0.3) is 5.76 Å². The molecule has 0 aliphatic carbocycles. The smallest absolute Gasteiger partial charge is 0.295 e. The van der Waals surface area contributed by atoms with Crippen LogP contribution in [-0.4, -0.2) is 60.4 Å². The number of amides is 1. The molecule has 1 aliphatic heterocycles. The minimum Gasteiger partial charge on any atom is -0.507 e. The maximum Gasteiger partial charge on any atom is 0.295 e. The van der Waals surface area contributed by atoms with Crippen LogP contribution in [0.3, 0.4) is 0 Å². The first kappa shape index (κ1) is 26.0. The molecular formula is C27H33BrN2O4. The Labute approximate surface area is 210 Å². The van der Waals surface area contributed by atoms with E-state index in [2.05, 4.69) is 22.9 Å². The van der Waals surface area contributed by atoms with Gasteiger partial charge in [0.15, 0.2) is 0 Å². The van der Waals surface area contributed by atoms with E-state index in [4.69, 9.17) is 4.74 Å². The van der Waals surface area contributed by atoms with Gasteiger partial charge in [-0.3, -0.25) is 9.59 Å². The minimum absolute atomic E-state index is 0.118. The molecule has 0 bridgehead atoms. The van der Waals surface area contributed by atoms with Crippen molar-refractivity contribution in [1.29, 1.82) is 0 Å². The van der Waals surface area contributed by atoms with E-state index in [-0.39, 0.29) is 11.3 Å². The van der Waals surface area contributed by atoms with Gasteiger partial charge in [-0.1, -0.05) is 41.4 Å². The van der Waals surface area contributed by atoms with Crippen molar-refractivity contribution in [2.45, 2.75) is 39.2 Å². The van der Waals surface area contributed by atoms with E-state index in [0.29, 0.717) is 25.1 Å². The summed E-state index contributed by atoms with van der Waals surface area (Å²) in [5, 5.41) is 11.3. The van der Waals surface area contributed by atoms with Gasteiger partial charge >= 0.3 is 0 Å². The topological polar surface area (TPSA) is 70.1 Å². The van der Waals surface area contributed by atoms with Gasteiger partial charge in [-0.15, -0.1) is 0 Å². The highest BCUT2D eigenvalue weighted by Crippen LogP contribution is 2.40. The number of hydrogen-bond acceptors (Lipinski definition) is 5. The number of aliphatic hydroxyl groups excluding tert-OH is 1. The van der Waals surface area contributed by atoms with Crippen molar-refractivity contribution in [3.8, 4) is 5.75 Å². The summed E-state index contributed by atoms with van der Waals surface area (Å²) in [6.07, 6.45) is 2.72. The molecule has 1 heterocycles. The molecule has 0 aromatic heterocycles. The molecule has 3 rings (SSSR count). The third-order valence-electron chi connectivity index (χ3n) is 5.91. The first-order chi connectivity index (χ1) is 16.2. The standard InChI is InChI=1S/C27H33BrN2O4/c1-5-6-15-34-22-12-11-20(16-18(22)2)25(31)23-24(19-9-7-10-21(28)17-19)30(27(33)26(23)32)14-8-13-29(3)4/h7,9-12,16-17,24,31H,5-6,8,13-15H2,1-4H3/b25-23+. The maximum atomic E-state index is 13.2. The van der Waals surface area contributed by atoms with Gasteiger partial charge in [0, 0.05) is 16.6 Å². The molecule has 0 spiro atoms. The first-order valence-corrected chi connectivity index (χ1v) is 12.5. The monoisotopic (exact) mass is 528 g/mol. The lowest BCUT2D eigenvalue weighted by atomic mass is 9.94. The van der Waals surface area contributed by atoms with Gasteiger partial charge < -0.3 is 19.6 Å². The van der Waals surface area contributed by atoms with Crippen molar-refractivity contribution in [1.82, 2.24) is 9.80 Å². The SMILES string of the molecule is CCCCOc1ccc(/C(O)=C2\C(=O)C(=O)N(CCCN(C)C)C2c2cccc(Br)c2)cc1C. The van der Waals surface area contributed by atoms with Gasteiger partial charge in [0.05, 0.1) is 18.2 Å². The van der Waals surface area contributed by atoms with Crippen LogP contribution in [0.1, 0.15) is 48.9 Å². The van der Waals surface area contributed by atoms with Crippen molar-refractivity contribution < 1.29 is 19.4 Å². The van der Waals surface area contributed by atoms with Crippen molar-refractivity contribution in [3.63, 3.8) is 0 Å². The lowest BCUT2D eigenvalue weighted by molar-refractivity contribution is -0.139. The van der Waals surface area contributed by atoms with Crippen molar-refractivity contribution in [3.05, 3.63) is 69.2 Å². The van der Waals surface area contributed by atoms with Gasteiger partial charge in [-0.2, -0.15) is 0 Å². The highest BCUT2D eigenvalue weighted by atomic mass is 79.9. The number of Topliss-reactive ketones (excluding diaryl/α,β-unsaturated/α-hetero) is 1. The third-order valence-corrected chi connectivity index (χ3v) is 6.41. The molecule has 2 aromatic rings. The van der Waals surface area contributed by atoms with Crippen LogP contribution in [0.2, 0.25) is 0 Å². The predicted molar refractivity (Wildman–Crippen MR) is 138 cm³/mol. The number of aryl methyl sites for hydroxylation is 1. The Kier molecular flexibility index (Phi) is 8.91. The number of benzene rings is 2. The Morgan fingerprint density at radius 3 is 2.56 bits per heavy atom. The fraction of sp³-hybridized carbons (Fsp3) is 0.407. The first-order valence-electron chi connectivity index (χ1n) is 11.7. The molecule has 182 valence electrons.